The Bertz CT molecular complexity index is 589. The van der Waals surface area contributed by atoms with Crippen LogP contribution >= 0.6 is 0 Å². The zero-order valence-corrected chi connectivity index (χ0v) is 10.6. The third kappa shape index (κ3) is 3.45. The maximum absolute atomic E-state index is 11.5. The lowest BCUT2D eigenvalue weighted by Crippen LogP contribution is -2.25. The molecule has 18 heavy (non-hydrogen) atoms. The molecule has 100 valence electrons. The van der Waals surface area contributed by atoms with Crippen molar-refractivity contribution in [3.63, 3.8) is 0 Å². The number of aryl methyl sites for hydroxylation is 1. The SMILES string of the molecule is Cn1ncc(C(N)=NO)c1NC(=O)CS(C)(=O)=O. The Morgan fingerprint density at radius 2 is 2.28 bits per heavy atom. The highest BCUT2D eigenvalue weighted by molar-refractivity contribution is 7.91. The van der Waals surface area contributed by atoms with Crippen molar-refractivity contribution in [2.24, 2.45) is 17.9 Å². The van der Waals surface area contributed by atoms with Crippen molar-refractivity contribution in [1.29, 1.82) is 0 Å². The lowest BCUT2D eigenvalue weighted by atomic mass is 10.3. The molecular formula is C8H13N5O4S. The molecule has 0 atom stereocenters. The van der Waals surface area contributed by atoms with Gasteiger partial charge < -0.3 is 16.3 Å². The van der Waals surface area contributed by atoms with Crippen LogP contribution in [0, 0.1) is 0 Å². The summed E-state index contributed by atoms with van der Waals surface area (Å²) in [5, 5.41) is 17.5. The molecule has 0 aromatic carbocycles. The smallest absolute Gasteiger partial charge is 0.240 e. The molecule has 0 radical (unpaired) electrons. The summed E-state index contributed by atoms with van der Waals surface area (Å²) in [5.41, 5.74) is 5.58. The fourth-order valence-corrected chi connectivity index (χ4v) is 1.78. The number of amides is 1. The first-order chi connectivity index (χ1) is 8.24. The highest BCUT2D eigenvalue weighted by Gasteiger charge is 2.17. The van der Waals surface area contributed by atoms with Crippen molar-refractivity contribution in [1.82, 2.24) is 9.78 Å². The van der Waals surface area contributed by atoms with Gasteiger partial charge in [-0.1, -0.05) is 5.16 Å². The fraction of sp³-hybridized carbons (Fsp3) is 0.375. The first-order valence-corrected chi connectivity index (χ1v) is 6.78. The average Bonchev–Trinajstić information content (AvgIpc) is 2.57. The normalized spacial score (nSPS) is 12.4. The number of carbonyl (C=O) groups excluding carboxylic acids is 1. The third-order valence-corrected chi connectivity index (χ3v) is 2.76. The molecule has 0 aliphatic rings. The van der Waals surface area contributed by atoms with E-state index in [-0.39, 0.29) is 17.2 Å². The fourth-order valence-electron chi connectivity index (χ4n) is 1.23. The first kappa shape index (κ1) is 14.0. The Balaban J connectivity index is 2.98. The summed E-state index contributed by atoms with van der Waals surface area (Å²) < 4.78 is 23.2. The Hall–Kier alpha value is -2.10. The standard InChI is InChI=1S/C8H13N5O4S/c1-13-8(5(3-10-13)7(9)12-15)11-6(14)4-18(2,16)17/h3,15H,4H2,1-2H3,(H2,9,12)(H,11,14). The van der Waals surface area contributed by atoms with Gasteiger partial charge >= 0.3 is 0 Å². The third-order valence-electron chi connectivity index (χ3n) is 1.97. The quantitative estimate of drug-likeness (QED) is 0.264. The zero-order valence-electron chi connectivity index (χ0n) is 9.78. The van der Waals surface area contributed by atoms with Crippen LogP contribution in [-0.4, -0.2) is 47.2 Å². The molecule has 10 heteroatoms. The van der Waals surface area contributed by atoms with Gasteiger partial charge in [0.15, 0.2) is 15.7 Å². The van der Waals surface area contributed by atoms with Crippen LogP contribution in [0.2, 0.25) is 0 Å². The Kier molecular flexibility index (Phi) is 3.91. The molecule has 0 aliphatic heterocycles. The van der Waals surface area contributed by atoms with Crippen LogP contribution in [0.4, 0.5) is 5.82 Å². The molecule has 0 spiro atoms. The van der Waals surface area contributed by atoms with Crippen molar-refractivity contribution >= 4 is 27.4 Å². The van der Waals surface area contributed by atoms with E-state index in [0.29, 0.717) is 0 Å². The maximum atomic E-state index is 11.5. The van der Waals surface area contributed by atoms with Crippen LogP contribution in [0.3, 0.4) is 0 Å². The second-order valence-electron chi connectivity index (χ2n) is 3.63. The summed E-state index contributed by atoms with van der Waals surface area (Å²) in [5.74, 6) is -1.47. The molecule has 0 saturated heterocycles. The average molecular weight is 275 g/mol. The van der Waals surface area contributed by atoms with Crippen LogP contribution in [0.15, 0.2) is 11.4 Å². The van der Waals surface area contributed by atoms with Crippen LogP contribution in [-0.2, 0) is 21.7 Å². The zero-order chi connectivity index (χ0) is 13.9. The van der Waals surface area contributed by atoms with Gasteiger partial charge in [-0.3, -0.25) is 9.48 Å². The number of aromatic nitrogens is 2. The predicted octanol–water partition coefficient (Wildman–Crippen LogP) is -1.50. The summed E-state index contributed by atoms with van der Waals surface area (Å²) in [6.45, 7) is 0. The van der Waals surface area contributed by atoms with Gasteiger partial charge in [-0.25, -0.2) is 8.42 Å². The number of anilines is 1. The van der Waals surface area contributed by atoms with E-state index in [1.54, 1.807) is 0 Å². The van der Waals surface area contributed by atoms with Gasteiger partial charge in [0.2, 0.25) is 5.91 Å². The van der Waals surface area contributed by atoms with E-state index in [2.05, 4.69) is 15.6 Å². The summed E-state index contributed by atoms with van der Waals surface area (Å²) in [6.07, 6.45) is 2.23. The van der Waals surface area contributed by atoms with Gasteiger partial charge in [0.05, 0.1) is 11.8 Å². The van der Waals surface area contributed by atoms with Crippen molar-refractivity contribution in [3.05, 3.63) is 11.8 Å². The molecule has 0 aliphatic carbocycles. The number of hydrogen-bond donors (Lipinski definition) is 3. The summed E-state index contributed by atoms with van der Waals surface area (Å²) in [4.78, 5) is 11.5. The first-order valence-electron chi connectivity index (χ1n) is 4.72. The van der Waals surface area contributed by atoms with Crippen LogP contribution in [0.5, 0.6) is 0 Å². The topological polar surface area (TPSA) is 140 Å². The van der Waals surface area contributed by atoms with E-state index in [9.17, 15) is 13.2 Å². The van der Waals surface area contributed by atoms with Gasteiger partial charge in [-0.15, -0.1) is 0 Å². The maximum Gasteiger partial charge on any atom is 0.240 e. The van der Waals surface area contributed by atoms with Crippen molar-refractivity contribution < 1.29 is 18.4 Å². The van der Waals surface area contributed by atoms with Crippen molar-refractivity contribution in [2.45, 2.75) is 0 Å². The largest absolute Gasteiger partial charge is 0.409 e. The van der Waals surface area contributed by atoms with Gasteiger partial charge in [0, 0.05) is 13.3 Å². The Morgan fingerprint density at radius 1 is 1.67 bits per heavy atom. The number of amidine groups is 1. The molecule has 0 saturated carbocycles. The van der Waals surface area contributed by atoms with E-state index < -0.39 is 21.5 Å². The molecule has 1 aromatic rings. The van der Waals surface area contributed by atoms with Gasteiger partial charge in [-0.2, -0.15) is 5.10 Å². The number of nitrogens with zero attached hydrogens (tertiary/aromatic N) is 3. The molecule has 9 nitrogen and oxygen atoms in total. The number of oxime groups is 1. The highest BCUT2D eigenvalue weighted by atomic mass is 32.2. The highest BCUT2D eigenvalue weighted by Crippen LogP contribution is 2.13. The molecule has 0 fully saturated rings. The van der Waals surface area contributed by atoms with E-state index >= 15 is 0 Å². The Morgan fingerprint density at radius 3 is 2.78 bits per heavy atom. The van der Waals surface area contributed by atoms with Crippen LogP contribution < -0.4 is 11.1 Å². The molecule has 0 unspecified atom stereocenters. The second-order valence-corrected chi connectivity index (χ2v) is 5.77. The predicted molar refractivity (Wildman–Crippen MR) is 64.1 cm³/mol. The monoisotopic (exact) mass is 275 g/mol. The molecule has 1 aromatic heterocycles. The minimum Gasteiger partial charge on any atom is -0.409 e. The number of sulfone groups is 1. The summed E-state index contributed by atoms with van der Waals surface area (Å²) >= 11 is 0. The Labute approximate surface area is 103 Å². The minimum atomic E-state index is -3.43. The van der Waals surface area contributed by atoms with Crippen LogP contribution in [0.1, 0.15) is 5.56 Å². The van der Waals surface area contributed by atoms with E-state index in [0.717, 1.165) is 6.26 Å². The van der Waals surface area contributed by atoms with Gasteiger partial charge in [0.25, 0.3) is 0 Å². The van der Waals surface area contributed by atoms with E-state index in [4.69, 9.17) is 10.9 Å². The lowest BCUT2D eigenvalue weighted by Gasteiger charge is -2.07. The number of carbonyl (C=O) groups is 1. The minimum absolute atomic E-state index is 0.152. The number of rotatable bonds is 4. The lowest BCUT2D eigenvalue weighted by molar-refractivity contribution is -0.113. The molecule has 1 rings (SSSR count). The van der Waals surface area contributed by atoms with E-state index in [1.807, 2.05) is 0 Å². The molecule has 4 N–H and O–H groups in total. The van der Waals surface area contributed by atoms with Gasteiger partial charge in [-0.05, 0) is 0 Å². The van der Waals surface area contributed by atoms with Crippen molar-refractivity contribution in [2.75, 3.05) is 17.3 Å². The summed E-state index contributed by atoms with van der Waals surface area (Å²) in [6, 6.07) is 0. The number of nitrogens with two attached hydrogens (primary N) is 1. The summed E-state index contributed by atoms with van der Waals surface area (Å²) in [7, 11) is -1.91. The second kappa shape index (κ2) is 5.04. The number of hydrogen-bond acceptors (Lipinski definition) is 6. The number of nitrogens with one attached hydrogen (secondary N) is 1. The van der Waals surface area contributed by atoms with E-state index in [1.165, 1.54) is 17.9 Å². The van der Waals surface area contributed by atoms with Crippen molar-refractivity contribution in [3.8, 4) is 0 Å². The molecule has 1 heterocycles. The van der Waals surface area contributed by atoms with Crippen LogP contribution in [0.25, 0.3) is 0 Å². The molecule has 0 bridgehead atoms. The van der Waals surface area contributed by atoms with Gasteiger partial charge in [0.1, 0.15) is 11.6 Å². The molecule has 1 amide bonds. The molecular weight excluding hydrogens is 262 g/mol.